The molecule has 0 unspecified atom stereocenters. The van der Waals surface area contributed by atoms with Crippen LogP contribution in [0.1, 0.15) is 0 Å². The van der Waals surface area contributed by atoms with E-state index in [1.54, 1.807) is 0 Å². The standard InChI is InChI=1S/C10H6ClF2N3/c11-8-4-1-5(12)9(16-8)7-3-2-6(14)10(13)15-7/h1-4H,14H2. The molecule has 0 saturated carbocycles. The van der Waals surface area contributed by atoms with Crippen LogP contribution >= 0.6 is 11.6 Å². The summed E-state index contributed by atoms with van der Waals surface area (Å²) in [4.78, 5) is 7.23. The maximum Gasteiger partial charge on any atom is 0.236 e. The van der Waals surface area contributed by atoms with Gasteiger partial charge in [-0.05, 0) is 24.3 Å². The monoisotopic (exact) mass is 241 g/mol. The zero-order valence-electron chi connectivity index (χ0n) is 7.92. The minimum Gasteiger partial charge on any atom is -0.395 e. The number of nitrogen functional groups attached to an aromatic ring is 1. The van der Waals surface area contributed by atoms with Crippen molar-refractivity contribution < 1.29 is 8.78 Å². The Morgan fingerprint density at radius 1 is 1.06 bits per heavy atom. The zero-order chi connectivity index (χ0) is 11.7. The van der Waals surface area contributed by atoms with Crippen molar-refractivity contribution in [3.05, 3.63) is 41.2 Å². The van der Waals surface area contributed by atoms with Crippen molar-refractivity contribution in [2.24, 2.45) is 0 Å². The Balaban J connectivity index is 2.58. The summed E-state index contributed by atoms with van der Waals surface area (Å²) >= 11 is 5.61. The third kappa shape index (κ3) is 1.94. The first kappa shape index (κ1) is 10.8. The van der Waals surface area contributed by atoms with Crippen molar-refractivity contribution in [2.45, 2.75) is 0 Å². The molecule has 0 radical (unpaired) electrons. The van der Waals surface area contributed by atoms with Crippen LogP contribution < -0.4 is 5.73 Å². The van der Waals surface area contributed by atoms with Crippen LogP contribution in [-0.2, 0) is 0 Å². The molecule has 0 bridgehead atoms. The number of rotatable bonds is 1. The Morgan fingerprint density at radius 3 is 2.50 bits per heavy atom. The van der Waals surface area contributed by atoms with Crippen LogP contribution in [0.2, 0.25) is 5.15 Å². The fourth-order valence-electron chi connectivity index (χ4n) is 1.17. The van der Waals surface area contributed by atoms with Crippen molar-refractivity contribution >= 4 is 17.3 Å². The lowest BCUT2D eigenvalue weighted by Gasteiger charge is -2.03. The van der Waals surface area contributed by atoms with Crippen LogP contribution in [0.3, 0.4) is 0 Å². The lowest BCUT2D eigenvalue weighted by molar-refractivity contribution is 0.587. The van der Waals surface area contributed by atoms with Crippen LogP contribution in [0.25, 0.3) is 11.4 Å². The minimum atomic E-state index is -0.862. The summed E-state index contributed by atoms with van der Waals surface area (Å²) in [6.45, 7) is 0. The van der Waals surface area contributed by atoms with E-state index in [1.165, 1.54) is 18.2 Å². The Kier molecular flexibility index (Phi) is 2.70. The fraction of sp³-hybridized carbons (Fsp3) is 0. The molecule has 0 amide bonds. The van der Waals surface area contributed by atoms with Gasteiger partial charge in [0.05, 0.1) is 11.4 Å². The van der Waals surface area contributed by atoms with Crippen molar-refractivity contribution in [1.29, 1.82) is 0 Å². The third-order valence-electron chi connectivity index (χ3n) is 1.93. The second kappa shape index (κ2) is 4.02. The largest absolute Gasteiger partial charge is 0.395 e. The third-order valence-corrected chi connectivity index (χ3v) is 2.14. The zero-order valence-corrected chi connectivity index (χ0v) is 8.67. The molecule has 2 aromatic rings. The topological polar surface area (TPSA) is 51.8 Å². The highest BCUT2D eigenvalue weighted by Crippen LogP contribution is 2.22. The van der Waals surface area contributed by atoms with Gasteiger partial charge in [-0.1, -0.05) is 11.6 Å². The number of aromatic nitrogens is 2. The van der Waals surface area contributed by atoms with Gasteiger partial charge in [-0.25, -0.2) is 14.4 Å². The molecule has 0 aliphatic carbocycles. The number of nitrogens with zero attached hydrogens (tertiary/aromatic N) is 2. The molecule has 3 nitrogen and oxygen atoms in total. The maximum absolute atomic E-state index is 13.4. The predicted octanol–water partition coefficient (Wildman–Crippen LogP) is 2.66. The average Bonchev–Trinajstić information content (AvgIpc) is 2.26. The number of halogens is 3. The number of hydrogen-bond acceptors (Lipinski definition) is 3. The molecule has 16 heavy (non-hydrogen) atoms. The van der Waals surface area contributed by atoms with Gasteiger partial charge >= 0.3 is 0 Å². The molecule has 0 aromatic carbocycles. The highest BCUT2D eigenvalue weighted by atomic mass is 35.5. The van der Waals surface area contributed by atoms with E-state index < -0.39 is 11.8 Å². The quantitative estimate of drug-likeness (QED) is 0.781. The first-order valence-corrected chi connectivity index (χ1v) is 4.70. The second-order valence-electron chi connectivity index (χ2n) is 3.04. The van der Waals surface area contributed by atoms with E-state index in [-0.39, 0.29) is 22.2 Å². The average molecular weight is 242 g/mol. The van der Waals surface area contributed by atoms with E-state index in [0.29, 0.717) is 0 Å². The first-order valence-electron chi connectivity index (χ1n) is 4.32. The van der Waals surface area contributed by atoms with Gasteiger partial charge < -0.3 is 5.73 Å². The van der Waals surface area contributed by atoms with E-state index >= 15 is 0 Å². The molecule has 2 heterocycles. The first-order chi connectivity index (χ1) is 7.58. The van der Waals surface area contributed by atoms with E-state index in [0.717, 1.165) is 6.07 Å². The molecule has 2 aromatic heterocycles. The number of pyridine rings is 2. The van der Waals surface area contributed by atoms with Gasteiger partial charge in [-0.3, -0.25) is 0 Å². The summed E-state index contributed by atoms with van der Waals surface area (Å²) in [5, 5.41) is 0.107. The van der Waals surface area contributed by atoms with Gasteiger partial charge in [0, 0.05) is 0 Å². The Morgan fingerprint density at radius 2 is 1.81 bits per heavy atom. The smallest absolute Gasteiger partial charge is 0.236 e. The Hall–Kier alpha value is -1.75. The highest BCUT2D eigenvalue weighted by molar-refractivity contribution is 6.29. The molecule has 82 valence electrons. The molecular weight excluding hydrogens is 236 g/mol. The molecule has 0 aliphatic rings. The second-order valence-corrected chi connectivity index (χ2v) is 3.43. The molecule has 0 aliphatic heterocycles. The normalized spacial score (nSPS) is 10.4. The van der Waals surface area contributed by atoms with Crippen molar-refractivity contribution in [3.63, 3.8) is 0 Å². The van der Waals surface area contributed by atoms with Gasteiger partial charge in [0.2, 0.25) is 5.95 Å². The minimum absolute atomic E-state index is 0.0479. The number of nitrogens with two attached hydrogens (primary N) is 1. The van der Waals surface area contributed by atoms with Gasteiger partial charge in [-0.15, -0.1) is 0 Å². The van der Waals surface area contributed by atoms with Crippen LogP contribution in [0.15, 0.2) is 24.3 Å². The Bertz CT molecular complexity index is 546. The summed E-state index contributed by atoms with van der Waals surface area (Å²) in [6, 6.07) is 5.11. The van der Waals surface area contributed by atoms with E-state index in [4.69, 9.17) is 17.3 Å². The SMILES string of the molecule is Nc1ccc(-c2nc(Cl)ccc2F)nc1F. The maximum atomic E-state index is 13.4. The van der Waals surface area contributed by atoms with Gasteiger partial charge in [0.1, 0.15) is 10.8 Å². The summed E-state index contributed by atoms with van der Waals surface area (Å²) in [7, 11) is 0. The lowest BCUT2D eigenvalue weighted by atomic mass is 10.2. The number of hydrogen-bond donors (Lipinski definition) is 1. The molecule has 0 saturated heterocycles. The van der Waals surface area contributed by atoms with Crippen LogP contribution in [-0.4, -0.2) is 9.97 Å². The Labute approximate surface area is 94.9 Å². The summed E-state index contributed by atoms with van der Waals surface area (Å²) in [5.74, 6) is -1.49. The lowest BCUT2D eigenvalue weighted by Crippen LogP contribution is -1.98. The summed E-state index contributed by atoms with van der Waals surface area (Å²) in [6.07, 6.45) is 0. The van der Waals surface area contributed by atoms with E-state index in [2.05, 4.69) is 9.97 Å². The van der Waals surface area contributed by atoms with Gasteiger partial charge in [-0.2, -0.15) is 4.39 Å². The predicted molar refractivity (Wildman–Crippen MR) is 56.8 cm³/mol. The highest BCUT2D eigenvalue weighted by Gasteiger charge is 2.11. The van der Waals surface area contributed by atoms with E-state index in [1.807, 2.05) is 0 Å². The molecule has 0 spiro atoms. The molecule has 0 atom stereocenters. The summed E-state index contributed by atoms with van der Waals surface area (Å²) in [5.41, 5.74) is 5.09. The van der Waals surface area contributed by atoms with Crippen molar-refractivity contribution in [3.8, 4) is 11.4 Å². The van der Waals surface area contributed by atoms with E-state index in [9.17, 15) is 8.78 Å². The fourth-order valence-corrected chi connectivity index (χ4v) is 1.32. The van der Waals surface area contributed by atoms with Crippen molar-refractivity contribution in [1.82, 2.24) is 9.97 Å². The van der Waals surface area contributed by atoms with Crippen LogP contribution in [0.4, 0.5) is 14.5 Å². The van der Waals surface area contributed by atoms with Crippen molar-refractivity contribution in [2.75, 3.05) is 5.73 Å². The molecule has 6 heteroatoms. The summed E-state index contributed by atoms with van der Waals surface area (Å²) < 4.78 is 26.5. The van der Waals surface area contributed by atoms with Crippen LogP contribution in [0, 0.1) is 11.8 Å². The molecule has 2 N–H and O–H groups in total. The molecule has 0 fully saturated rings. The van der Waals surface area contributed by atoms with Gasteiger partial charge in [0.25, 0.3) is 0 Å². The molecule has 2 rings (SSSR count). The molecular formula is C10H6ClF2N3. The van der Waals surface area contributed by atoms with Crippen LogP contribution in [0.5, 0.6) is 0 Å². The number of anilines is 1. The van der Waals surface area contributed by atoms with Gasteiger partial charge in [0.15, 0.2) is 5.82 Å².